The number of anilines is 1. The van der Waals surface area contributed by atoms with Gasteiger partial charge in [0.05, 0.1) is 10.2 Å². The molecule has 17 heavy (non-hydrogen) atoms. The molecule has 0 bridgehead atoms. The van der Waals surface area contributed by atoms with Gasteiger partial charge in [-0.05, 0) is 41.9 Å². The van der Waals surface area contributed by atoms with Crippen LogP contribution in [-0.2, 0) is 13.6 Å². The summed E-state index contributed by atoms with van der Waals surface area (Å²) in [6.45, 7) is 4.84. The van der Waals surface area contributed by atoms with E-state index in [-0.39, 0.29) is 0 Å². The van der Waals surface area contributed by atoms with Crippen molar-refractivity contribution in [2.45, 2.75) is 20.4 Å². The van der Waals surface area contributed by atoms with Crippen LogP contribution < -0.4 is 5.32 Å². The first-order valence-corrected chi connectivity index (χ1v) is 6.22. The van der Waals surface area contributed by atoms with E-state index in [1.807, 2.05) is 30.8 Å². The van der Waals surface area contributed by atoms with Gasteiger partial charge in [0.25, 0.3) is 0 Å². The molecule has 1 N–H and O–H groups in total. The van der Waals surface area contributed by atoms with E-state index in [1.165, 1.54) is 11.3 Å². The predicted octanol–water partition coefficient (Wildman–Crippen LogP) is 2.81. The number of hydrogen-bond donors (Lipinski definition) is 1. The smallest absolute Gasteiger partial charge is 0.140 e. The van der Waals surface area contributed by atoms with E-state index >= 15 is 0 Å². The average Bonchev–Trinajstić information content (AvgIpc) is 2.53. The molecular formula is C12H15BrN4. The zero-order valence-corrected chi connectivity index (χ0v) is 11.7. The second kappa shape index (κ2) is 4.87. The number of halogens is 1. The number of rotatable bonds is 3. The second-order valence-corrected chi connectivity index (χ2v) is 4.81. The first kappa shape index (κ1) is 12.1. The van der Waals surface area contributed by atoms with E-state index in [0.29, 0.717) is 0 Å². The molecule has 0 radical (unpaired) electrons. The summed E-state index contributed by atoms with van der Waals surface area (Å²) < 4.78 is 2.87. The molecule has 0 spiro atoms. The molecule has 2 heterocycles. The van der Waals surface area contributed by atoms with Gasteiger partial charge in [-0.25, -0.2) is 4.98 Å². The summed E-state index contributed by atoms with van der Waals surface area (Å²) in [5.41, 5.74) is 3.47. The molecule has 2 rings (SSSR count). The highest BCUT2D eigenvalue weighted by atomic mass is 79.9. The lowest BCUT2D eigenvalue weighted by Crippen LogP contribution is -2.04. The van der Waals surface area contributed by atoms with Crippen molar-refractivity contribution in [2.24, 2.45) is 7.05 Å². The average molecular weight is 295 g/mol. The quantitative estimate of drug-likeness (QED) is 0.947. The highest BCUT2D eigenvalue weighted by Crippen LogP contribution is 2.20. The summed E-state index contributed by atoms with van der Waals surface area (Å²) in [7, 11) is 1.96. The van der Waals surface area contributed by atoms with Gasteiger partial charge in [0.1, 0.15) is 5.82 Å². The van der Waals surface area contributed by atoms with E-state index in [1.54, 1.807) is 6.20 Å². The maximum atomic E-state index is 4.39. The molecule has 0 aromatic carbocycles. The lowest BCUT2D eigenvalue weighted by molar-refractivity contribution is 0.730. The van der Waals surface area contributed by atoms with Crippen molar-refractivity contribution >= 4 is 21.7 Å². The van der Waals surface area contributed by atoms with Gasteiger partial charge in [-0.1, -0.05) is 0 Å². The fourth-order valence-electron chi connectivity index (χ4n) is 1.76. The van der Waals surface area contributed by atoms with Crippen molar-refractivity contribution < 1.29 is 0 Å². The molecule has 0 aliphatic heterocycles. The van der Waals surface area contributed by atoms with Crippen LogP contribution in [0.15, 0.2) is 22.8 Å². The zero-order valence-electron chi connectivity index (χ0n) is 10.2. The van der Waals surface area contributed by atoms with Crippen LogP contribution in [-0.4, -0.2) is 14.8 Å². The SMILES string of the molecule is Cc1nn(C)c(C)c1CNc1ncccc1Br. The zero-order chi connectivity index (χ0) is 12.4. The molecule has 0 amide bonds. The number of nitrogens with one attached hydrogen (secondary N) is 1. The Bertz CT molecular complexity index is 533. The Hall–Kier alpha value is -1.36. The second-order valence-electron chi connectivity index (χ2n) is 3.96. The molecule has 5 heteroatoms. The first-order chi connectivity index (χ1) is 8.09. The lowest BCUT2D eigenvalue weighted by Gasteiger charge is -2.07. The van der Waals surface area contributed by atoms with Crippen LogP contribution in [0.5, 0.6) is 0 Å². The van der Waals surface area contributed by atoms with Gasteiger partial charge in [-0.2, -0.15) is 5.10 Å². The van der Waals surface area contributed by atoms with Crippen molar-refractivity contribution in [3.8, 4) is 0 Å². The molecule has 0 atom stereocenters. The van der Waals surface area contributed by atoms with Gasteiger partial charge in [-0.15, -0.1) is 0 Å². The predicted molar refractivity (Wildman–Crippen MR) is 71.9 cm³/mol. The number of aryl methyl sites for hydroxylation is 2. The van der Waals surface area contributed by atoms with Crippen LogP contribution in [0.3, 0.4) is 0 Å². The Morgan fingerprint density at radius 3 is 2.76 bits per heavy atom. The van der Waals surface area contributed by atoms with Gasteiger partial charge in [0.15, 0.2) is 0 Å². The Morgan fingerprint density at radius 1 is 1.41 bits per heavy atom. The summed E-state index contributed by atoms with van der Waals surface area (Å²) >= 11 is 3.47. The summed E-state index contributed by atoms with van der Waals surface area (Å²) in [5, 5.41) is 7.70. The minimum atomic E-state index is 0.737. The highest BCUT2D eigenvalue weighted by Gasteiger charge is 2.09. The summed E-state index contributed by atoms with van der Waals surface area (Å²) in [5.74, 6) is 0.857. The molecule has 0 aliphatic rings. The molecule has 0 saturated carbocycles. The molecule has 0 fully saturated rings. The topological polar surface area (TPSA) is 42.7 Å². The molecule has 2 aromatic rings. The maximum Gasteiger partial charge on any atom is 0.140 e. The van der Waals surface area contributed by atoms with E-state index in [0.717, 1.165) is 22.5 Å². The van der Waals surface area contributed by atoms with E-state index in [4.69, 9.17) is 0 Å². The minimum absolute atomic E-state index is 0.737. The van der Waals surface area contributed by atoms with Crippen molar-refractivity contribution in [3.05, 3.63) is 39.8 Å². The van der Waals surface area contributed by atoms with Crippen molar-refractivity contribution in [3.63, 3.8) is 0 Å². The third-order valence-corrected chi connectivity index (χ3v) is 3.49. The van der Waals surface area contributed by atoms with Gasteiger partial charge >= 0.3 is 0 Å². The Labute approximate surface area is 109 Å². The summed E-state index contributed by atoms with van der Waals surface area (Å²) in [4.78, 5) is 4.27. The third kappa shape index (κ3) is 2.49. The standard InChI is InChI=1S/C12H15BrN4/c1-8-10(9(2)17(3)16-8)7-15-12-11(13)5-4-6-14-12/h4-6H,7H2,1-3H3,(H,14,15). The van der Waals surface area contributed by atoms with Crippen LogP contribution in [0.25, 0.3) is 0 Å². The highest BCUT2D eigenvalue weighted by molar-refractivity contribution is 9.10. The van der Waals surface area contributed by atoms with E-state index in [9.17, 15) is 0 Å². The molecule has 2 aromatic heterocycles. The largest absolute Gasteiger partial charge is 0.365 e. The van der Waals surface area contributed by atoms with Gasteiger partial charge in [0.2, 0.25) is 0 Å². The van der Waals surface area contributed by atoms with Crippen LogP contribution >= 0.6 is 15.9 Å². The van der Waals surface area contributed by atoms with Gasteiger partial charge < -0.3 is 5.32 Å². The summed E-state index contributed by atoms with van der Waals surface area (Å²) in [6.07, 6.45) is 1.77. The maximum absolute atomic E-state index is 4.39. The van der Waals surface area contributed by atoms with Crippen LogP contribution in [0, 0.1) is 13.8 Å². The normalized spacial score (nSPS) is 10.6. The van der Waals surface area contributed by atoms with E-state index in [2.05, 4.69) is 38.3 Å². The van der Waals surface area contributed by atoms with Crippen molar-refractivity contribution in [1.82, 2.24) is 14.8 Å². The van der Waals surface area contributed by atoms with Gasteiger partial charge in [-0.3, -0.25) is 4.68 Å². The molecule has 0 saturated heterocycles. The van der Waals surface area contributed by atoms with Crippen LogP contribution in [0.2, 0.25) is 0 Å². The minimum Gasteiger partial charge on any atom is -0.365 e. The number of nitrogens with zero attached hydrogens (tertiary/aromatic N) is 3. The molecule has 0 unspecified atom stereocenters. The van der Waals surface area contributed by atoms with E-state index < -0.39 is 0 Å². The Kier molecular flexibility index (Phi) is 3.47. The number of pyridine rings is 1. The molecule has 90 valence electrons. The molecular weight excluding hydrogens is 280 g/mol. The number of hydrogen-bond acceptors (Lipinski definition) is 3. The van der Waals surface area contributed by atoms with Crippen LogP contribution in [0.4, 0.5) is 5.82 Å². The fourth-order valence-corrected chi connectivity index (χ4v) is 2.16. The number of aromatic nitrogens is 3. The third-order valence-electron chi connectivity index (χ3n) is 2.85. The van der Waals surface area contributed by atoms with Crippen molar-refractivity contribution in [1.29, 1.82) is 0 Å². The van der Waals surface area contributed by atoms with Crippen molar-refractivity contribution in [2.75, 3.05) is 5.32 Å². The first-order valence-electron chi connectivity index (χ1n) is 5.43. The summed E-state index contributed by atoms with van der Waals surface area (Å²) in [6, 6.07) is 3.87. The van der Waals surface area contributed by atoms with Crippen LogP contribution in [0.1, 0.15) is 17.0 Å². The fraction of sp³-hybridized carbons (Fsp3) is 0.333. The monoisotopic (exact) mass is 294 g/mol. The molecule has 4 nitrogen and oxygen atoms in total. The van der Waals surface area contributed by atoms with Gasteiger partial charge in [0, 0.05) is 31.0 Å². The molecule has 0 aliphatic carbocycles. The Balaban J connectivity index is 2.15. The Morgan fingerprint density at radius 2 is 2.18 bits per heavy atom. The lowest BCUT2D eigenvalue weighted by atomic mass is 10.2.